The number of aryl methyl sites for hydroxylation is 3. The van der Waals surface area contributed by atoms with Crippen LogP contribution in [0.25, 0.3) is 0 Å². The van der Waals surface area contributed by atoms with Gasteiger partial charge in [0.1, 0.15) is 0 Å². The molecule has 1 N–H and O–H groups in total. The highest BCUT2D eigenvalue weighted by atomic mass is 16.2. The predicted octanol–water partition coefficient (Wildman–Crippen LogP) is 3.01. The van der Waals surface area contributed by atoms with E-state index in [9.17, 15) is 9.59 Å². The number of anilines is 1. The highest BCUT2D eigenvalue weighted by molar-refractivity contribution is 6.01. The number of amides is 2. The van der Waals surface area contributed by atoms with Crippen molar-refractivity contribution in [1.82, 2.24) is 5.32 Å². The van der Waals surface area contributed by atoms with Crippen molar-refractivity contribution in [3.8, 4) is 0 Å². The molecular weight excluding hydrogens is 300 g/mol. The first-order valence-corrected chi connectivity index (χ1v) is 8.29. The zero-order chi connectivity index (χ0) is 17.1. The Morgan fingerprint density at radius 3 is 2.54 bits per heavy atom. The quantitative estimate of drug-likeness (QED) is 0.944. The topological polar surface area (TPSA) is 49.4 Å². The monoisotopic (exact) mass is 322 g/mol. The Morgan fingerprint density at radius 2 is 1.79 bits per heavy atom. The molecule has 2 aromatic rings. The maximum absolute atomic E-state index is 12.5. The van der Waals surface area contributed by atoms with E-state index in [0.717, 1.165) is 29.7 Å². The van der Waals surface area contributed by atoms with Crippen LogP contribution in [0.2, 0.25) is 0 Å². The van der Waals surface area contributed by atoms with E-state index in [2.05, 4.69) is 11.4 Å². The minimum atomic E-state index is -0.208. The Hall–Kier alpha value is -2.62. The molecule has 0 radical (unpaired) electrons. The first kappa shape index (κ1) is 16.2. The summed E-state index contributed by atoms with van der Waals surface area (Å²) in [6, 6.07) is 13.7. The Bertz CT molecular complexity index is 763. The molecule has 24 heavy (non-hydrogen) atoms. The van der Waals surface area contributed by atoms with Gasteiger partial charge in [-0.3, -0.25) is 9.59 Å². The van der Waals surface area contributed by atoms with Gasteiger partial charge in [0.05, 0.1) is 6.54 Å². The molecule has 0 bridgehead atoms. The van der Waals surface area contributed by atoms with Crippen LogP contribution in [0.4, 0.5) is 5.69 Å². The third kappa shape index (κ3) is 3.48. The largest absolute Gasteiger partial charge is 0.343 e. The van der Waals surface area contributed by atoms with E-state index in [1.54, 1.807) is 4.90 Å². The molecule has 2 aromatic carbocycles. The molecule has 3 rings (SSSR count). The molecule has 4 heteroatoms. The fourth-order valence-corrected chi connectivity index (χ4v) is 3.25. The minimum absolute atomic E-state index is 0.0140. The summed E-state index contributed by atoms with van der Waals surface area (Å²) in [6.45, 7) is 4.63. The Labute approximate surface area is 142 Å². The smallest absolute Gasteiger partial charge is 0.251 e. The van der Waals surface area contributed by atoms with Crippen molar-refractivity contribution in [3.63, 3.8) is 0 Å². The molecule has 0 fully saturated rings. The fourth-order valence-electron chi connectivity index (χ4n) is 3.25. The lowest BCUT2D eigenvalue weighted by Crippen LogP contribution is -2.42. The summed E-state index contributed by atoms with van der Waals surface area (Å²) in [7, 11) is 0. The highest BCUT2D eigenvalue weighted by Gasteiger charge is 2.22. The number of nitrogens with one attached hydrogen (secondary N) is 1. The molecule has 0 unspecified atom stereocenters. The van der Waals surface area contributed by atoms with E-state index in [-0.39, 0.29) is 18.4 Å². The molecule has 0 aromatic heterocycles. The number of para-hydroxylation sites is 1. The third-order valence-corrected chi connectivity index (χ3v) is 4.30. The van der Waals surface area contributed by atoms with E-state index < -0.39 is 0 Å². The van der Waals surface area contributed by atoms with Crippen molar-refractivity contribution < 1.29 is 9.59 Å². The zero-order valence-corrected chi connectivity index (χ0v) is 14.1. The van der Waals surface area contributed by atoms with Crippen molar-refractivity contribution >= 4 is 17.5 Å². The molecule has 1 heterocycles. The van der Waals surface area contributed by atoms with E-state index in [1.807, 2.05) is 50.2 Å². The summed E-state index contributed by atoms with van der Waals surface area (Å²) in [5.74, 6) is -0.277. The maximum atomic E-state index is 12.5. The molecule has 0 spiro atoms. The normalized spacial score (nSPS) is 13.3. The predicted molar refractivity (Wildman–Crippen MR) is 95.4 cm³/mol. The van der Waals surface area contributed by atoms with Crippen molar-refractivity contribution in [2.24, 2.45) is 0 Å². The number of carbonyl (C=O) groups excluding carboxylic acids is 2. The van der Waals surface area contributed by atoms with Gasteiger partial charge in [-0.25, -0.2) is 0 Å². The van der Waals surface area contributed by atoms with Crippen LogP contribution < -0.4 is 10.2 Å². The van der Waals surface area contributed by atoms with E-state index in [1.165, 1.54) is 5.56 Å². The van der Waals surface area contributed by atoms with Gasteiger partial charge in [-0.1, -0.05) is 35.4 Å². The van der Waals surface area contributed by atoms with Gasteiger partial charge in [0.25, 0.3) is 5.91 Å². The maximum Gasteiger partial charge on any atom is 0.251 e. The lowest BCUT2D eigenvalue weighted by Gasteiger charge is -2.29. The number of benzene rings is 2. The first-order chi connectivity index (χ1) is 11.5. The van der Waals surface area contributed by atoms with Crippen LogP contribution in [0.1, 0.15) is 33.5 Å². The van der Waals surface area contributed by atoms with Crippen molar-refractivity contribution in [2.75, 3.05) is 18.0 Å². The van der Waals surface area contributed by atoms with Gasteiger partial charge in [0, 0.05) is 17.8 Å². The van der Waals surface area contributed by atoms with E-state index >= 15 is 0 Å². The van der Waals surface area contributed by atoms with Crippen LogP contribution in [-0.4, -0.2) is 24.9 Å². The van der Waals surface area contributed by atoms with Gasteiger partial charge in [-0.05, 0) is 50.5 Å². The molecule has 0 saturated heterocycles. The number of nitrogens with zero attached hydrogens (tertiary/aromatic N) is 1. The molecule has 0 saturated carbocycles. The number of hydrogen-bond acceptors (Lipinski definition) is 2. The first-order valence-electron chi connectivity index (χ1n) is 8.29. The Kier molecular flexibility index (Phi) is 4.65. The Morgan fingerprint density at radius 1 is 1.08 bits per heavy atom. The number of rotatable bonds is 3. The third-order valence-electron chi connectivity index (χ3n) is 4.30. The summed E-state index contributed by atoms with van der Waals surface area (Å²) in [6.07, 6.45) is 1.95. The van der Waals surface area contributed by atoms with Crippen LogP contribution >= 0.6 is 0 Å². The van der Waals surface area contributed by atoms with Gasteiger partial charge in [-0.2, -0.15) is 0 Å². The summed E-state index contributed by atoms with van der Waals surface area (Å²) in [4.78, 5) is 26.6. The van der Waals surface area contributed by atoms with Crippen LogP contribution in [0.15, 0.2) is 42.5 Å². The highest BCUT2D eigenvalue weighted by Crippen LogP contribution is 2.26. The average Bonchev–Trinajstić information content (AvgIpc) is 2.58. The number of fused-ring (bicyclic) bond motifs is 1. The van der Waals surface area contributed by atoms with Crippen molar-refractivity contribution in [2.45, 2.75) is 26.7 Å². The van der Waals surface area contributed by atoms with Crippen molar-refractivity contribution in [1.29, 1.82) is 0 Å². The minimum Gasteiger partial charge on any atom is -0.343 e. The second kappa shape index (κ2) is 6.87. The summed E-state index contributed by atoms with van der Waals surface area (Å²) >= 11 is 0. The molecule has 124 valence electrons. The number of carbonyl (C=O) groups is 2. The lowest BCUT2D eigenvalue weighted by atomic mass is 10.0. The molecule has 2 amide bonds. The summed E-state index contributed by atoms with van der Waals surface area (Å²) in [5.41, 5.74) is 4.83. The van der Waals surface area contributed by atoms with Gasteiger partial charge < -0.3 is 10.2 Å². The molecule has 1 aliphatic rings. The van der Waals surface area contributed by atoms with Crippen LogP contribution in [-0.2, 0) is 11.2 Å². The van der Waals surface area contributed by atoms with Crippen LogP contribution in [0.5, 0.6) is 0 Å². The van der Waals surface area contributed by atoms with Gasteiger partial charge in [0.15, 0.2) is 0 Å². The molecule has 0 aliphatic carbocycles. The van der Waals surface area contributed by atoms with Gasteiger partial charge in [0.2, 0.25) is 5.91 Å². The molecule has 4 nitrogen and oxygen atoms in total. The second-order valence-electron chi connectivity index (χ2n) is 6.34. The summed E-state index contributed by atoms with van der Waals surface area (Å²) in [5, 5.41) is 2.75. The zero-order valence-electron chi connectivity index (χ0n) is 14.1. The second-order valence-corrected chi connectivity index (χ2v) is 6.34. The molecular formula is C20H22N2O2. The molecule has 0 atom stereocenters. The SMILES string of the molecule is Cc1cc(C)cc(C(=O)NCC(=O)N2CCCc3ccccc32)c1. The van der Waals surface area contributed by atoms with Crippen molar-refractivity contribution in [3.05, 3.63) is 64.7 Å². The Balaban J connectivity index is 1.67. The van der Waals surface area contributed by atoms with Gasteiger partial charge in [-0.15, -0.1) is 0 Å². The van der Waals surface area contributed by atoms with Gasteiger partial charge >= 0.3 is 0 Å². The number of hydrogen-bond donors (Lipinski definition) is 1. The lowest BCUT2D eigenvalue weighted by molar-refractivity contribution is -0.117. The summed E-state index contributed by atoms with van der Waals surface area (Å²) < 4.78 is 0. The van der Waals surface area contributed by atoms with E-state index in [0.29, 0.717) is 12.1 Å². The van der Waals surface area contributed by atoms with E-state index in [4.69, 9.17) is 0 Å². The fraction of sp³-hybridized carbons (Fsp3) is 0.300. The molecule has 1 aliphatic heterocycles. The van der Waals surface area contributed by atoms with Crippen LogP contribution in [0.3, 0.4) is 0 Å². The van der Waals surface area contributed by atoms with Crippen LogP contribution in [0, 0.1) is 13.8 Å². The average molecular weight is 322 g/mol. The standard InChI is InChI=1S/C20H22N2O2/c1-14-10-15(2)12-17(11-14)20(24)21-13-19(23)22-9-5-7-16-6-3-4-8-18(16)22/h3-4,6,8,10-12H,5,7,9,13H2,1-2H3,(H,21,24).